The number of likely N-dealkylation sites (N-methyl/N-ethyl adjacent to an activating group) is 1. The maximum atomic E-state index is 11.9. The van der Waals surface area contributed by atoms with Crippen molar-refractivity contribution in [2.45, 2.75) is 58.4 Å². The van der Waals surface area contributed by atoms with E-state index in [-0.39, 0.29) is 11.9 Å². The topological polar surface area (TPSA) is 32.3 Å². The summed E-state index contributed by atoms with van der Waals surface area (Å²) in [5.41, 5.74) is 0. The summed E-state index contributed by atoms with van der Waals surface area (Å²) in [6.45, 7) is 5.14. The van der Waals surface area contributed by atoms with Gasteiger partial charge in [-0.2, -0.15) is 0 Å². The number of unbranched alkanes of at least 4 members (excludes halogenated alkanes) is 3. The minimum absolute atomic E-state index is 0.0381. The van der Waals surface area contributed by atoms with Crippen molar-refractivity contribution in [3.05, 3.63) is 0 Å². The Balaban J connectivity index is 3.74. The molecule has 0 aliphatic carbocycles. The molecule has 3 nitrogen and oxygen atoms in total. The average Bonchev–Trinajstić information content (AvgIpc) is 2.24. The number of carbonyl (C=O) groups excluding carboxylic acids is 1. The largest absolute Gasteiger partial charge is 0.355 e. The van der Waals surface area contributed by atoms with Crippen molar-refractivity contribution >= 4 is 5.91 Å². The standard InChI is InChI=1S/C13H28N2O/c1-5-7-8-9-11-14-13(16)12(10-6-2)15(3)4/h12H,5-11H2,1-4H3,(H,14,16). The predicted molar refractivity (Wildman–Crippen MR) is 69.5 cm³/mol. The third-order valence-corrected chi connectivity index (χ3v) is 2.82. The summed E-state index contributed by atoms with van der Waals surface area (Å²) in [4.78, 5) is 13.9. The number of hydrogen-bond donors (Lipinski definition) is 1. The van der Waals surface area contributed by atoms with Crippen molar-refractivity contribution in [2.24, 2.45) is 0 Å². The lowest BCUT2D eigenvalue weighted by molar-refractivity contribution is -0.125. The molecule has 0 saturated carbocycles. The number of rotatable bonds is 9. The van der Waals surface area contributed by atoms with Crippen molar-refractivity contribution in [3.63, 3.8) is 0 Å². The molecule has 0 radical (unpaired) electrons. The smallest absolute Gasteiger partial charge is 0.237 e. The van der Waals surface area contributed by atoms with Crippen LogP contribution in [0.1, 0.15) is 52.4 Å². The zero-order chi connectivity index (χ0) is 12.4. The van der Waals surface area contributed by atoms with E-state index in [4.69, 9.17) is 0 Å². The minimum Gasteiger partial charge on any atom is -0.355 e. The normalized spacial score (nSPS) is 12.8. The molecule has 0 spiro atoms. The molecule has 0 aromatic rings. The van der Waals surface area contributed by atoms with Gasteiger partial charge < -0.3 is 5.32 Å². The van der Waals surface area contributed by atoms with Gasteiger partial charge in [-0.15, -0.1) is 0 Å². The first-order valence-corrected chi connectivity index (χ1v) is 6.57. The van der Waals surface area contributed by atoms with E-state index in [0.29, 0.717) is 0 Å². The molecule has 16 heavy (non-hydrogen) atoms. The maximum Gasteiger partial charge on any atom is 0.237 e. The van der Waals surface area contributed by atoms with Gasteiger partial charge in [-0.1, -0.05) is 39.5 Å². The van der Waals surface area contributed by atoms with E-state index in [9.17, 15) is 4.79 Å². The molecule has 0 fully saturated rings. The molecule has 0 saturated heterocycles. The highest BCUT2D eigenvalue weighted by Crippen LogP contribution is 2.03. The van der Waals surface area contributed by atoms with E-state index < -0.39 is 0 Å². The summed E-state index contributed by atoms with van der Waals surface area (Å²) < 4.78 is 0. The zero-order valence-corrected chi connectivity index (χ0v) is 11.4. The number of nitrogens with one attached hydrogen (secondary N) is 1. The van der Waals surface area contributed by atoms with Crippen LogP contribution >= 0.6 is 0 Å². The van der Waals surface area contributed by atoms with Crippen molar-refractivity contribution in [1.82, 2.24) is 10.2 Å². The lowest BCUT2D eigenvalue weighted by Gasteiger charge is -2.22. The molecule has 1 amide bonds. The molecule has 1 unspecified atom stereocenters. The fourth-order valence-corrected chi connectivity index (χ4v) is 1.78. The van der Waals surface area contributed by atoms with E-state index in [2.05, 4.69) is 19.2 Å². The van der Waals surface area contributed by atoms with Crippen LogP contribution in [0.25, 0.3) is 0 Å². The second-order valence-corrected chi connectivity index (χ2v) is 4.62. The van der Waals surface area contributed by atoms with Crippen LogP contribution in [0.4, 0.5) is 0 Å². The van der Waals surface area contributed by atoms with E-state index in [1.807, 2.05) is 19.0 Å². The molecule has 0 bridgehead atoms. The highest BCUT2D eigenvalue weighted by Gasteiger charge is 2.18. The molecular formula is C13H28N2O. The molecule has 1 atom stereocenters. The summed E-state index contributed by atoms with van der Waals surface area (Å²) in [5, 5.41) is 3.03. The molecule has 0 aliphatic heterocycles. The van der Waals surface area contributed by atoms with Gasteiger partial charge in [0.1, 0.15) is 0 Å². The van der Waals surface area contributed by atoms with Gasteiger partial charge in [-0.3, -0.25) is 9.69 Å². The SMILES string of the molecule is CCCCCCNC(=O)C(CCC)N(C)C. The molecular weight excluding hydrogens is 200 g/mol. The maximum absolute atomic E-state index is 11.9. The summed E-state index contributed by atoms with van der Waals surface area (Å²) in [6.07, 6.45) is 6.81. The minimum atomic E-state index is 0.0381. The monoisotopic (exact) mass is 228 g/mol. The average molecular weight is 228 g/mol. The Kier molecular flexibility index (Phi) is 9.30. The van der Waals surface area contributed by atoms with Gasteiger partial charge in [0.15, 0.2) is 0 Å². The lowest BCUT2D eigenvalue weighted by Crippen LogP contribution is -2.43. The van der Waals surface area contributed by atoms with Gasteiger partial charge in [0.2, 0.25) is 5.91 Å². The van der Waals surface area contributed by atoms with E-state index in [1.165, 1.54) is 19.3 Å². The van der Waals surface area contributed by atoms with Crippen molar-refractivity contribution in [3.8, 4) is 0 Å². The van der Waals surface area contributed by atoms with Crippen LogP contribution in [0.15, 0.2) is 0 Å². The van der Waals surface area contributed by atoms with Gasteiger partial charge >= 0.3 is 0 Å². The second-order valence-electron chi connectivity index (χ2n) is 4.62. The third-order valence-electron chi connectivity index (χ3n) is 2.82. The Labute approximate surface area is 101 Å². The Bertz CT molecular complexity index is 181. The van der Waals surface area contributed by atoms with Crippen LogP contribution in [0.2, 0.25) is 0 Å². The van der Waals surface area contributed by atoms with Crippen LogP contribution in [-0.4, -0.2) is 37.5 Å². The zero-order valence-electron chi connectivity index (χ0n) is 11.4. The van der Waals surface area contributed by atoms with Crippen molar-refractivity contribution < 1.29 is 4.79 Å². The number of hydrogen-bond acceptors (Lipinski definition) is 2. The molecule has 1 N–H and O–H groups in total. The van der Waals surface area contributed by atoms with Gasteiger partial charge in [0.05, 0.1) is 6.04 Å². The first-order chi connectivity index (χ1) is 7.63. The van der Waals surface area contributed by atoms with Crippen LogP contribution in [0.3, 0.4) is 0 Å². The summed E-state index contributed by atoms with van der Waals surface area (Å²) in [6, 6.07) is 0.0381. The Morgan fingerprint density at radius 1 is 1.12 bits per heavy atom. The van der Waals surface area contributed by atoms with Crippen molar-refractivity contribution in [2.75, 3.05) is 20.6 Å². The van der Waals surface area contributed by atoms with Crippen LogP contribution in [0, 0.1) is 0 Å². The molecule has 0 heterocycles. The fourth-order valence-electron chi connectivity index (χ4n) is 1.78. The Morgan fingerprint density at radius 3 is 2.31 bits per heavy atom. The van der Waals surface area contributed by atoms with Gasteiger partial charge in [0.25, 0.3) is 0 Å². The molecule has 96 valence electrons. The van der Waals surface area contributed by atoms with Crippen LogP contribution in [0.5, 0.6) is 0 Å². The van der Waals surface area contributed by atoms with E-state index in [0.717, 1.165) is 25.8 Å². The first-order valence-electron chi connectivity index (χ1n) is 6.57. The quantitative estimate of drug-likeness (QED) is 0.615. The highest BCUT2D eigenvalue weighted by atomic mass is 16.2. The van der Waals surface area contributed by atoms with Gasteiger partial charge in [-0.25, -0.2) is 0 Å². The second kappa shape index (κ2) is 9.64. The van der Waals surface area contributed by atoms with E-state index in [1.54, 1.807) is 0 Å². The van der Waals surface area contributed by atoms with Crippen molar-refractivity contribution in [1.29, 1.82) is 0 Å². The fraction of sp³-hybridized carbons (Fsp3) is 0.923. The number of nitrogens with zero attached hydrogens (tertiary/aromatic N) is 1. The summed E-state index contributed by atoms with van der Waals surface area (Å²) in [5.74, 6) is 0.184. The van der Waals surface area contributed by atoms with Gasteiger partial charge in [0, 0.05) is 6.54 Å². The van der Waals surface area contributed by atoms with Crippen LogP contribution < -0.4 is 5.32 Å². The summed E-state index contributed by atoms with van der Waals surface area (Å²) in [7, 11) is 3.94. The number of carbonyl (C=O) groups is 1. The summed E-state index contributed by atoms with van der Waals surface area (Å²) >= 11 is 0. The Morgan fingerprint density at radius 2 is 1.81 bits per heavy atom. The lowest BCUT2D eigenvalue weighted by atomic mass is 10.1. The molecule has 0 aliphatic rings. The number of amides is 1. The van der Waals surface area contributed by atoms with Crippen LogP contribution in [-0.2, 0) is 4.79 Å². The first kappa shape index (κ1) is 15.4. The Hall–Kier alpha value is -0.570. The predicted octanol–water partition coefficient (Wildman–Crippen LogP) is 2.41. The molecule has 0 aromatic carbocycles. The van der Waals surface area contributed by atoms with E-state index >= 15 is 0 Å². The molecule has 0 aromatic heterocycles. The molecule has 0 rings (SSSR count). The third kappa shape index (κ3) is 6.83. The highest BCUT2D eigenvalue weighted by molar-refractivity contribution is 5.81. The van der Waals surface area contributed by atoms with Gasteiger partial charge in [-0.05, 0) is 26.9 Å². The molecule has 3 heteroatoms.